The quantitative estimate of drug-likeness (QED) is 0.431. The van der Waals surface area contributed by atoms with Gasteiger partial charge in [0, 0.05) is 17.8 Å². The molecule has 0 bridgehead atoms. The van der Waals surface area contributed by atoms with Crippen LogP contribution in [0.1, 0.15) is 57.2 Å². The van der Waals surface area contributed by atoms with E-state index in [2.05, 4.69) is 29.9 Å². The standard InChI is InChI=1S/C32H36N4O3S/c1-30-16-20-18-35-36(27-7-3-5-13-33-27)24(20)15-21(30)9-10-22-23-11-12-32(39,31(23,2)17-25(37)29(22)30)26(38)19-40-28-8-4-6-14-34-28/h3-8,13-15,18,22-23,25,29,37,39H,9-12,16-17,19H2,1-2H3/t22?,23?,25-,29?,30?,31?,32-/m0/s1. The molecule has 7 nitrogen and oxygen atoms in total. The van der Waals surface area contributed by atoms with Gasteiger partial charge in [0.1, 0.15) is 5.60 Å². The van der Waals surface area contributed by atoms with Crippen LogP contribution >= 0.6 is 11.8 Å². The molecule has 4 aliphatic carbocycles. The summed E-state index contributed by atoms with van der Waals surface area (Å²) in [7, 11) is 0. The monoisotopic (exact) mass is 556 g/mol. The van der Waals surface area contributed by atoms with Crippen molar-refractivity contribution in [2.75, 3.05) is 5.75 Å². The predicted octanol–water partition coefficient (Wildman–Crippen LogP) is 4.91. The Balaban J connectivity index is 1.17. The Morgan fingerprint density at radius 3 is 2.67 bits per heavy atom. The molecule has 7 atom stereocenters. The van der Waals surface area contributed by atoms with Crippen LogP contribution in [-0.4, -0.2) is 53.2 Å². The first-order valence-electron chi connectivity index (χ1n) is 14.4. The first-order chi connectivity index (χ1) is 19.2. The van der Waals surface area contributed by atoms with Gasteiger partial charge >= 0.3 is 0 Å². The summed E-state index contributed by atoms with van der Waals surface area (Å²) in [5.41, 5.74) is 1.39. The zero-order chi connectivity index (χ0) is 27.7. The van der Waals surface area contributed by atoms with Crippen LogP contribution < -0.4 is 0 Å². The summed E-state index contributed by atoms with van der Waals surface area (Å²) in [4.78, 5) is 22.4. The van der Waals surface area contributed by atoms with Gasteiger partial charge in [-0.15, -0.1) is 0 Å². The molecule has 0 aliphatic heterocycles. The molecular weight excluding hydrogens is 520 g/mol. The summed E-state index contributed by atoms with van der Waals surface area (Å²) in [6, 6.07) is 11.5. The molecule has 5 unspecified atom stereocenters. The van der Waals surface area contributed by atoms with Crippen molar-refractivity contribution in [3.05, 3.63) is 71.8 Å². The normalized spacial score (nSPS) is 36.1. The minimum Gasteiger partial charge on any atom is -0.393 e. The molecule has 3 fully saturated rings. The third-order valence-electron chi connectivity index (χ3n) is 10.9. The highest BCUT2D eigenvalue weighted by atomic mass is 32.2. The molecule has 0 saturated heterocycles. The highest BCUT2D eigenvalue weighted by molar-refractivity contribution is 7.99. The van der Waals surface area contributed by atoms with Crippen LogP contribution in [0.5, 0.6) is 0 Å². The van der Waals surface area contributed by atoms with E-state index in [4.69, 9.17) is 5.10 Å². The lowest BCUT2D eigenvalue weighted by Gasteiger charge is -2.60. The average molecular weight is 557 g/mol. The van der Waals surface area contributed by atoms with Gasteiger partial charge in [-0.05, 0) is 97.6 Å². The molecular formula is C32H36N4O3S. The zero-order valence-electron chi connectivity index (χ0n) is 23.0. The second-order valence-corrected chi connectivity index (χ2v) is 13.7. The maximum atomic E-state index is 13.6. The van der Waals surface area contributed by atoms with Gasteiger partial charge in [-0.25, -0.2) is 14.6 Å². The predicted molar refractivity (Wildman–Crippen MR) is 154 cm³/mol. The van der Waals surface area contributed by atoms with Crippen LogP contribution in [0.25, 0.3) is 11.9 Å². The van der Waals surface area contributed by atoms with Crippen molar-refractivity contribution in [3.8, 4) is 5.82 Å². The highest BCUT2D eigenvalue weighted by Gasteiger charge is 2.68. The zero-order valence-corrected chi connectivity index (χ0v) is 23.8. The Morgan fingerprint density at radius 1 is 1.12 bits per heavy atom. The van der Waals surface area contributed by atoms with Gasteiger partial charge in [-0.2, -0.15) is 5.10 Å². The van der Waals surface area contributed by atoms with Gasteiger partial charge in [-0.3, -0.25) is 4.79 Å². The molecule has 7 rings (SSSR count). The van der Waals surface area contributed by atoms with E-state index in [1.807, 2.05) is 47.3 Å². The third-order valence-corrected chi connectivity index (χ3v) is 11.8. The number of fused-ring (bicyclic) bond motifs is 6. The van der Waals surface area contributed by atoms with Crippen molar-refractivity contribution >= 4 is 23.6 Å². The SMILES string of the molecule is CC12Cc3cnn(-c4ccccn4)c3C=C1CCC1C2[C@@H](O)CC2(C)C1CC[C@]2(O)C(=O)CSc1ccccn1. The topological polar surface area (TPSA) is 101 Å². The minimum absolute atomic E-state index is 0.0808. The molecule has 0 radical (unpaired) electrons. The molecule has 8 heteroatoms. The number of Topliss-reactive ketones (excluding diaryl/α,β-unsaturated/α-hetero) is 1. The van der Waals surface area contributed by atoms with Gasteiger partial charge in [0.15, 0.2) is 11.6 Å². The molecule has 40 heavy (non-hydrogen) atoms. The Bertz CT molecular complexity index is 1480. The molecule has 0 amide bonds. The lowest BCUT2D eigenvalue weighted by Crippen LogP contribution is -2.62. The van der Waals surface area contributed by atoms with Crippen molar-refractivity contribution in [3.63, 3.8) is 0 Å². The molecule has 3 heterocycles. The number of thioether (sulfide) groups is 1. The molecule has 0 spiro atoms. The molecule has 3 saturated carbocycles. The van der Waals surface area contributed by atoms with E-state index in [1.54, 1.807) is 12.4 Å². The first kappa shape index (κ1) is 26.1. The number of aliphatic hydroxyl groups excluding tert-OH is 1. The van der Waals surface area contributed by atoms with Crippen molar-refractivity contribution < 1.29 is 15.0 Å². The summed E-state index contributed by atoms with van der Waals surface area (Å²) in [6.07, 6.45) is 11.6. The number of hydrogen-bond donors (Lipinski definition) is 2. The van der Waals surface area contributed by atoms with Gasteiger partial charge in [0.2, 0.25) is 0 Å². The van der Waals surface area contributed by atoms with E-state index in [0.717, 1.165) is 42.2 Å². The largest absolute Gasteiger partial charge is 0.393 e. The number of carbonyl (C=O) groups is 1. The Hall–Kier alpha value is -2.81. The van der Waals surface area contributed by atoms with Crippen LogP contribution in [0.15, 0.2) is 65.6 Å². The number of aromatic nitrogens is 4. The summed E-state index contributed by atoms with van der Waals surface area (Å²) in [6.45, 7) is 4.38. The van der Waals surface area contributed by atoms with Gasteiger partial charge in [0.25, 0.3) is 0 Å². The number of carbonyl (C=O) groups excluding carboxylic acids is 1. The summed E-state index contributed by atoms with van der Waals surface area (Å²) >= 11 is 1.38. The van der Waals surface area contributed by atoms with E-state index in [-0.39, 0.29) is 34.7 Å². The van der Waals surface area contributed by atoms with Crippen molar-refractivity contribution in [2.24, 2.45) is 28.6 Å². The van der Waals surface area contributed by atoms with Crippen LogP contribution in [-0.2, 0) is 11.2 Å². The number of pyridine rings is 2. The Labute approximate surface area is 239 Å². The highest BCUT2D eigenvalue weighted by Crippen LogP contribution is 2.67. The number of nitrogens with zero attached hydrogens (tertiary/aromatic N) is 4. The van der Waals surface area contributed by atoms with E-state index in [0.29, 0.717) is 12.8 Å². The summed E-state index contributed by atoms with van der Waals surface area (Å²) < 4.78 is 1.92. The number of allylic oxidation sites excluding steroid dienone is 1. The average Bonchev–Trinajstić information content (AvgIpc) is 3.48. The molecule has 3 aromatic rings. The third kappa shape index (κ3) is 3.72. The summed E-state index contributed by atoms with van der Waals surface area (Å²) in [5, 5.41) is 29.4. The molecule has 0 aromatic carbocycles. The summed E-state index contributed by atoms with van der Waals surface area (Å²) in [5.74, 6) is 1.40. The molecule has 4 aliphatic rings. The van der Waals surface area contributed by atoms with Crippen LogP contribution in [0, 0.1) is 28.6 Å². The van der Waals surface area contributed by atoms with Crippen molar-refractivity contribution in [2.45, 2.75) is 69.1 Å². The fourth-order valence-corrected chi connectivity index (χ4v) is 9.83. The number of hydrogen-bond acceptors (Lipinski definition) is 7. The number of aliphatic hydroxyl groups is 2. The smallest absolute Gasteiger partial charge is 0.175 e. The molecule has 2 N–H and O–H groups in total. The van der Waals surface area contributed by atoms with E-state index >= 15 is 0 Å². The minimum atomic E-state index is -1.42. The van der Waals surface area contributed by atoms with Crippen LogP contribution in [0.4, 0.5) is 0 Å². The lowest BCUT2D eigenvalue weighted by atomic mass is 9.45. The fraction of sp³-hybridized carbons (Fsp3) is 0.500. The first-order valence-corrected chi connectivity index (χ1v) is 15.4. The maximum absolute atomic E-state index is 13.6. The Morgan fingerprint density at radius 2 is 1.93 bits per heavy atom. The lowest BCUT2D eigenvalue weighted by molar-refractivity contribution is -0.177. The van der Waals surface area contributed by atoms with Crippen LogP contribution in [0.3, 0.4) is 0 Å². The van der Waals surface area contributed by atoms with E-state index in [1.165, 1.54) is 22.9 Å². The second kappa shape index (κ2) is 9.36. The molecule has 3 aromatic heterocycles. The molecule has 208 valence electrons. The van der Waals surface area contributed by atoms with Crippen LogP contribution in [0.2, 0.25) is 0 Å². The van der Waals surface area contributed by atoms with E-state index in [9.17, 15) is 15.0 Å². The number of rotatable bonds is 5. The maximum Gasteiger partial charge on any atom is 0.175 e. The van der Waals surface area contributed by atoms with Gasteiger partial charge in [-0.1, -0.05) is 43.3 Å². The van der Waals surface area contributed by atoms with Gasteiger partial charge < -0.3 is 10.2 Å². The van der Waals surface area contributed by atoms with Gasteiger partial charge in [0.05, 0.1) is 28.8 Å². The number of ketones is 1. The van der Waals surface area contributed by atoms with Crippen molar-refractivity contribution in [1.82, 2.24) is 19.7 Å². The second-order valence-electron chi connectivity index (χ2n) is 12.7. The van der Waals surface area contributed by atoms with Crippen molar-refractivity contribution in [1.29, 1.82) is 0 Å². The Kier molecular flexibility index (Phi) is 6.11. The fourth-order valence-electron chi connectivity index (χ4n) is 9.00. The van der Waals surface area contributed by atoms with E-state index < -0.39 is 17.1 Å².